The average Bonchev–Trinajstić information content (AvgIpc) is 3.02. The zero-order valence-electron chi connectivity index (χ0n) is 13.5. The largest absolute Gasteiger partial charge is 0.497 e. The number of rotatable bonds is 7. The molecular weight excluding hydrogens is 316 g/mol. The van der Waals surface area contributed by atoms with Gasteiger partial charge >= 0.3 is 0 Å². The number of carbonyl (C=O) groups is 1. The van der Waals surface area contributed by atoms with E-state index in [-0.39, 0.29) is 17.6 Å². The molecule has 7 nitrogen and oxygen atoms in total. The normalized spacial score (nSPS) is 10.7. The molecule has 0 radical (unpaired) electrons. The molecule has 0 saturated heterocycles. The number of H-pyrrole nitrogens is 1. The van der Waals surface area contributed by atoms with Gasteiger partial charge in [-0.3, -0.25) is 9.89 Å². The number of aromatic nitrogens is 3. The molecule has 23 heavy (non-hydrogen) atoms. The number of methoxy groups -OCH3 is 2. The van der Waals surface area contributed by atoms with Crippen LogP contribution in [0.25, 0.3) is 0 Å². The summed E-state index contributed by atoms with van der Waals surface area (Å²) in [4.78, 5) is 16.4. The van der Waals surface area contributed by atoms with Gasteiger partial charge in [-0.25, -0.2) is 4.98 Å². The summed E-state index contributed by atoms with van der Waals surface area (Å²) in [5.74, 6) is 2.34. The first-order valence-corrected chi connectivity index (χ1v) is 8.09. The van der Waals surface area contributed by atoms with Gasteiger partial charge in [-0.05, 0) is 12.1 Å². The molecule has 8 heteroatoms. The van der Waals surface area contributed by atoms with Crippen molar-refractivity contribution in [1.29, 1.82) is 0 Å². The van der Waals surface area contributed by atoms with Gasteiger partial charge in [-0.15, -0.1) is 5.10 Å². The number of aromatic amines is 1. The van der Waals surface area contributed by atoms with E-state index < -0.39 is 0 Å². The van der Waals surface area contributed by atoms with Gasteiger partial charge in [0.2, 0.25) is 11.1 Å². The third-order valence-electron chi connectivity index (χ3n) is 3.04. The molecule has 0 spiro atoms. The van der Waals surface area contributed by atoms with Crippen LogP contribution in [0.5, 0.6) is 11.5 Å². The van der Waals surface area contributed by atoms with E-state index in [1.807, 2.05) is 13.8 Å². The van der Waals surface area contributed by atoms with Gasteiger partial charge in [0.25, 0.3) is 0 Å². The third-order valence-corrected chi connectivity index (χ3v) is 3.89. The van der Waals surface area contributed by atoms with Crippen LogP contribution in [0.3, 0.4) is 0 Å². The summed E-state index contributed by atoms with van der Waals surface area (Å²) in [6.07, 6.45) is 0. The first-order valence-electron chi connectivity index (χ1n) is 7.10. The highest BCUT2D eigenvalue weighted by Gasteiger charge is 2.12. The average molecular weight is 336 g/mol. The summed E-state index contributed by atoms with van der Waals surface area (Å²) in [6.45, 7) is 4.05. The summed E-state index contributed by atoms with van der Waals surface area (Å²) in [5.41, 5.74) is 0.594. The highest BCUT2D eigenvalue weighted by Crippen LogP contribution is 2.29. The lowest BCUT2D eigenvalue weighted by Crippen LogP contribution is -2.14. The molecule has 0 saturated carbocycles. The van der Waals surface area contributed by atoms with E-state index in [1.54, 1.807) is 32.4 Å². The predicted molar refractivity (Wildman–Crippen MR) is 89.4 cm³/mol. The van der Waals surface area contributed by atoms with Gasteiger partial charge in [0.15, 0.2) is 0 Å². The van der Waals surface area contributed by atoms with Crippen LogP contribution < -0.4 is 14.8 Å². The van der Waals surface area contributed by atoms with E-state index in [2.05, 4.69) is 20.5 Å². The zero-order valence-corrected chi connectivity index (χ0v) is 14.4. The predicted octanol–water partition coefficient (Wildman–Crippen LogP) is 2.68. The molecule has 1 amide bonds. The second-order valence-corrected chi connectivity index (χ2v) is 6.00. The van der Waals surface area contributed by atoms with Crippen molar-refractivity contribution in [3.8, 4) is 11.5 Å². The number of amides is 1. The van der Waals surface area contributed by atoms with Gasteiger partial charge in [0.05, 0.1) is 25.7 Å². The Labute approximate surface area is 139 Å². The van der Waals surface area contributed by atoms with Crippen LogP contribution >= 0.6 is 11.8 Å². The van der Waals surface area contributed by atoms with Crippen molar-refractivity contribution in [3.63, 3.8) is 0 Å². The number of anilines is 1. The SMILES string of the molecule is COc1ccc(NC(=O)CSc2n[nH]c(C(C)C)n2)c(OC)c1. The van der Waals surface area contributed by atoms with Crippen molar-refractivity contribution in [2.24, 2.45) is 0 Å². The van der Waals surface area contributed by atoms with Crippen molar-refractivity contribution in [2.75, 3.05) is 25.3 Å². The second-order valence-electron chi connectivity index (χ2n) is 5.06. The molecule has 0 fully saturated rings. The lowest BCUT2D eigenvalue weighted by Gasteiger charge is -2.11. The fourth-order valence-corrected chi connectivity index (χ4v) is 2.40. The van der Waals surface area contributed by atoms with Crippen molar-refractivity contribution in [1.82, 2.24) is 15.2 Å². The maximum absolute atomic E-state index is 12.1. The minimum absolute atomic E-state index is 0.158. The van der Waals surface area contributed by atoms with Crippen molar-refractivity contribution >= 4 is 23.4 Å². The summed E-state index contributed by atoms with van der Waals surface area (Å²) in [6, 6.07) is 5.21. The summed E-state index contributed by atoms with van der Waals surface area (Å²) < 4.78 is 10.4. The minimum atomic E-state index is -0.158. The zero-order chi connectivity index (χ0) is 16.8. The Hall–Kier alpha value is -2.22. The van der Waals surface area contributed by atoms with Crippen molar-refractivity contribution < 1.29 is 14.3 Å². The number of nitrogens with zero attached hydrogens (tertiary/aromatic N) is 2. The Bertz CT molecular complexity index is 672. The van der Waals surface area contributed by atoms with Gasteiger partial charge in [0, 0.05) is 12.0 Å². The Morgan fingerprint density at radius 3 is 2.74 bits per heavy atom. The molecule has 0 atom stereocenters. The van der Waals surface area contributed by atoms with Crippen LogP contribution in [0, 0.1) is 0 Å². The van der Waals surface area contributed by atoms with E-state index in [0.717, 1.165) is 5.82 Å². The van der Waals surface area contributed by atoms with E-state index in [1.165, 1.54) is 11.8 Å². The van der Waals surface area contributed by atoms with Crippen molar-refractivity contribution in [3.05, 3.63) is 24.0 Å². The summed E-state index contributed by atoms with van der Waals surface area (Å²) in [7, 11) is 3.12. The molecule has 2 aromatic rings. The highest BCUT2D eigenvalue weighted by molar-refractivity contribution is 7.99. The standard InChI is InChI=1S/C15H20N4O3S/c1-9(2)14-17-15(19-18-14)23-8-13(20)16-11-6-5-10(21-3)7-12(11)22-4/h5-7,9H,8H2,1-4H3,(H,16,20)(H,17,18,19). The Balaban J connectivity index is 1.94. The summed E-state index contributed by atoms with van der Waals surface area (Å²) >= 11 is 1.28. The number of nitrogens with one attached hydrogen (secondary N) is 2. The topological polar surface area (TPSA) is 89.1 Å². The van der Waals surface area contributed by atoms with Crippen LogP contribution in [0.2, 0.25) is 0 Å². The maximum Gasteiger partial charge on any atom is 0.234 e. The number of carbonyl (C=O) groups excluding carboxylic acids is 1. The number of benzene rings is 1. The molecule has 0 aliphatic heterocycles. The molecule has 124 valence electrons. The Morgan fingerprint density at radius 2 is 2.13 bits per heavy atom. The highest BCUT2D eigenvalue weighted by atomic mass is 32.2. The summed E-state index contributed by atoms with van der Waals surface area (Å²) in [5, 5.41) is 10.3. The van der Waals surface area contributed by atoms with Crippen LogP contribution in [-0.2, 0) is 4.79 Å². The molecule has 1 aromatic carbocycles. The van der Waals surface area contributed by atoms with Gasteiger partial charge in [0.1, 0.15) is 17.3 Å². The molecule has 1 heterocycles. The maximum atomic E-state index is 12.1. The fourth-order valence-electron chi connectivity index (χ4n) is 1.80. The fraction of sp³-hybridized carbons (Fsp3) is 0.400. The number of hydrogen-bond donors (Lipinski definition) is 2. The van der Waals surface area contributed by atoms with E-state index in [4.69, 9.17) is 9.47 Å². The van der Waals surface area contributed by atoms with Crippen molar-refractivity contribution in [2.45, 2.75) is 24.9 Å². The van der Waals surface area contributed by atoms with Gasteiger partial charge in [-0.1, -0.05) is 25.6 Å². The lowest BCUT2D eigenvalue weighted by molar-refractivity contribution is -0.113. The third kappa shape index (κ3) is 4.62. The van der Waals surface area contributed by atoms with Gasteiger partial charge < -0.3 is 14.8 Å². The quantitative estimate of drug-likeness (QED) is 0.756. The van der Waals surface area contributed by atoms with Gasteiger partial charge in [-0.2, -0.15) is 0 Å². The number of thioether (sulfide) groups is 1. The smallest absolute Gasteiger partial charge is 0.234 e. The molecule has 0 aliphatic rings. The number of hydrogen-bond acceptors (Lipinski definition) is 6. The molecule has 2 N–H and O–H groups in total. The minimum Gasteiger partial charge on any atom is -0.497 e. The monoisotopic (exact) mass is 336 g/mol. The van der Waals surface area contributed by atoms with Crippen LogP contribution in [0.1, 0.15) is 25.6 Å². The first kappa shape index (κ1) is 17.1. The lowest BCUT2D eigenvalue weighted by atomic mass is 10.2. The second kappa shape index (κ2) is 7.87. The van der Waals surface area contributed by atoms with E-state index in [9.17, 15) is 4.79 Å². The molecule has 0 unspecified atom stereocenters. The van der Waals surface area contributed by atoms with Crippen LogP contribution in [-0.4, -0.2) is 41.1 Å². The molecule has 1 aromatic heterocycles. The molecule has 0 bridgehead atoms. The van der Waals surface area contributed by atoms with Crippen LogP contribution in [0.4, 0.5) is 5.69 Å². The van der Waals surface area contributed by atoms with E-state index >= 15 is 0 Å². The molecule has 0 aliphatic carbocycles. The number of ether oxygens (including phenoxy) is 2. The first-order chi connectivity index (χ1) is 11.0. The Kier molecular flexibility index (Phi) is 5.86. The Morgan fingerprint density at radius 1 is 1.35 bits per heavy atom. The molecule has 2 rings (SSSR count). The van der Waals surface area contributed by atoms with Crippen LogP contribution in [0.15, 0.2) is 23.4 Å². The van der Waals surface area contributed by atoms with E-state index in [0.29, 0.717) is 22.3 Å². The molecular formula is C15H20N4O3S.